The molecule has 0 aromatic heterocycles. The SMILES string of the molecule is O=C(O)CCOC(=O)c1c(I)c(I)c(I)c(I)c1I. The Morgan fingerprint density at radius 1 is 0.895 bits per heavy atom. The zero-order valence-electron chi connectivity index (χ0n) is 8.98. The van der Waals surface area contributed by atoms with Gasteiger partial charge in [0.2, 0.25) is 0 Å². The summed E-state index contributed by atoms with van der Waals surface area (Å²) >= 11 is 10.9. The predicted molar refractivity (Wildman–Crippen MR) is 113 cm³/mol. The lowest BCUT2D eigenvalue weighted by atomic mass is 10.2. The molecule has 0 aliphatic rings. The number of carbonyl (C=O) groups excluding carboxylic acids is 1. The molecule has 9 heteroatoms. The van der Waals surface area contributed by atoms with Gasteiger partial charge in [-0.1, -0.05) is 0 Å². The minimum Gasteiger partial charge on any atom is -0.481 e. The van der Waals surface area contributed by atoms with Crippen molar-refractivity contribution >= 4 is 125 Å². The molecule has 0 spiro atoms. The topological polar surface area (TPSA) is 63.6 Å². The van der Waals surface area contributed by atoms with E-state index in [0.29, 0.717) is 5.56 Å². The number of hydrogen-bond acceptors (Lipinski definition) is 3. The first kappa shape index (κ1) is 18.9. The molecule has 0 unspecified atom stereocenters. The third-order valence-corrected chi connectivity index (χ3v) is 11.5. The third kappa shape index (κ3) is 4.90. The second kappa shape index (κ2) is 8.44. The van der Waals surface area contributed by atoms with E-state index in [-0.39, 0.29) is 13.0 Å². The monoisotopic (exact) mass is 824 g/mol. The van der Waals surface area contributed by atoms with Crippen molar-refractivity contribution in [3.8, 4) is 0 Å². The molecule has 1 rings (SSSR count). The van der Waals surface area contributed by atoms with Crippen molar-refractivity contribution in [2.24, 2.45) is 0 Å². The van der Waals surface area contributed by atoms with Gasteiger partial charge < -0.3 is 9.84 Å². The fourth-order valence-electron chi connectivity index (χ4n) is 1.09. The number of rotatable bonds is 4. The summed E-state index contributed by atoms with van der Waals surface area (Å²) in [4.78, 5) is 22.5. The molecule has 0 radical (unpaired) electrons. The molecule has 104 valence electrons. The Morgan fingerprint density at radius 2 is 1.32 bits per heavy atom. The molecule has 1 aromatic rings. The van der Waals surface area contributed by atoms with Gasteiger partial charge in [0.05, 0.1) is 12.0 Å². The summed E-state index contributed by atoms with van der Waals surface area (Å²) in [6.45, 7) is -0.112. The van der Waals surface area contributed by atoms with Crippen molar-refractivity contribution in [3.05, 3.63) is 23.4 Å². The van der Waals surface area contributed by atoms with Crippen LogP contribution in [-0.2, 0) is 9.53 Å². The summed E-state index contributed by atoms with van der Waals surface area (Å²) in [6.07, 6.45) is -0.183. The fraction of sp³-hybridized carbons (Fsp3) is 0.200. The highest BCUT2D eigenvalue weighted by Gasteiger charge is 2.23. The maximum atomic E-state index is 12.0. The molecular weight excluding hydrogens is 819 g/mol. The van der Waals surface area contributed by atoms with Crippen LogP contribution in [0.3, 0.4) is 0 Å². The number of ether oxygens (including phenoxy) is 1. The second-order valence-corrected chi connectivity index (χ2v) is 8.62. The molecule has 19 heavy (non-hydrogen) atoms. The molecule has 0 heterocycles. The maximum absolute atomic E-state index is 12.0. The second-order valence-electron chi connectivity index (χ2n) is 3.22. The first-order valence-electron chi connectivity index (χ1n) is 4.67. The number of carboxylic acid groups (broad SMARTS) is 1. The molecular formula is C10H5I5O4. The summed E-state index contributed by atoms with van der Waals surface area (Å²) in [5, 5.41) is 8.53. The van der Waals surface area contributed by atoms with Crippen molar-refractivity contribution < 1.29 is 19.4 Å². The Bertz CT molecular complexity index is 514. The standard InChI is InChI=1S/C10H5I5O4/c11-5-4(10(18)19-2-1-3(16)17)6(12)8(14)9(15)7(5)13/h1-2H2,(H,16,17). The highest BCUT2D eigenvalue weighted by atomic mass is 127. The van der Waals surface area contributed by atoms with E-state index in [4.69, 9.17) is 9.84 Å². The highest BCUT2D eigenvalue weighted by Crippen LogP contribution is 2.33. The van der Waals surface area contributed by atoms with Crippen LogP contribution >= 0.6 is 113 Å². The minimum absolute atomic E-state index is 0.112. The first-order valence-corrected chi connectivity index (χ1v) is 10.1. The maximum Gasteiger partial charge on any atom is 0.340 e. The number of esters is 1. The van der Waals surface area contributed by atoms with Gasteiger partial charge in [0.15, 0.2) is 0 Å². The van der Waals surface area contributed by atoms with E-state index in [1.165, 1.54) is 0 Å². The quantitative estimate of drug-likeness (QED) is 0.213. The van der Waals surface area contributed by atoms with E-state index in [1.807, 2.05) is 0 Å². The average molecular weight is 824 g/mol. The van der Waals surface area contributed by atoms with E-state index >= 15 is 0 Å². The van der Waals surface area contributed by atoms with E-state index in [1.54, 1.807) is 0 Å². The molecule has 0 fully saturated rings. The van der Waals surface area contributed by atoms with Crippen LogP contribution < -0.4 is 0 Å². The number of benzene rings is 1. The van der Waals surface area contributed by atoms with Crippen LogP contribution in [0.4, 0.5) is 0 Å². The molecule has 0 aliphatic carbocycles. The van der Waals surface area contributed by atoms with Gasteiger partial charge in [0.1, 0.15) is 6.61 Å². The number of carboxylic acids is 1. The molecule has 1 aromatic carbocycles. The number of halogens is 5. The summed E-state index contributed by atoms with van der Waals surface area (Å²) in [5.41, 5.74) is 0.515. The lowest BCUT2D eigenvalue weighted by Crippen LogP contribution is -2.15. The van der Waals surface area contributed by atoms with Gasteiger partial charge in [-0.25, -0.2) is 4.79 Å². The summed E-state index contributed by atoms with van der Waals surface area (Å²) < 4.78 is 9.82. The Balaban J connectivity index is 3.07. The van der Waals surface area contributed by atoms with Gasteiger partial charge in [0.25, 0.3) is 0 Å². The highest BCUT2D eigenvalue weighted by molar-refractivity contribution is 14.1. The molecule has 0 aliphatic heterocycles. The number of aliphatic carboxylic acids is 1. The zero-order valence-corrected chi connectivity index (χ0v) is 19.8. The molecule has 0 saturated carbocycles. The van der Waals surface area contributed by atoms with Crippen molar-refractivity contribution in [2.75, 3.05) is 6.61 Å². The van der Waals surface area contributed by atoms with E-state index in [0.717, 1.165) is 17.9 Å². The van der Waals surface area contributed by atoms with E-state index in [2.05, 4.69) is 113 Å². The minimum atomic E-state index is -0.982. The van der Waals surface area contributed by atoms with E-state index < -0.39 is 11.9 Å². The number of carbonyl (C=O) groups is 2. The molecule has 0 amide bonds. The van der Waals surface area contributed by atoms with Gasteiger partial charge in [0, 0.05) is 17.9 Å². The van der Waals surface area contributed by atoms with Crippen LogP contribution in [0.15, 0.2) is 0 Å². The molecule has 0 saturated heterocycles. The van der Waals surface area contributed by atoms with Gasteiger partial charge in [-0.3, -0.25) is 4.79 Å². The summed E-state index contributed by atoms with van der Waals surface area (Å²) in [7, 11) is 0. The Hall–Kier alpha value is 1.81. The van der Waals surface area contributed by atoms with Crippen LogP contribution in [-0.4, -0.2) is 23.7 Å². The normalized spacial score (nSPS) is 10.4. The largest absolute Gasteiger partial charge is 0.481 e. The lowest BCUT2D eigenvalue weighted by Gasteiger charge is -2.13. The molecule has 0 bridgehead atoms. The van der Waals surface area contributed by atoms with Crippen molar-refractivity contribution in [2.45, 2.75) is 6.42 Å². The van der Waals surface area contributed by atoms with Crippen LogP contribution in [0.1, 0.15) is 16.8 Å². The Morgan fingerprint density at radius 3 is 1.74 bits per heavy atom. The first-order chi connectivity index (χ1) is 8.77. The van der Waals surface area contributed by atoms with Gasteiger partial charge in [-0.05, 0) is 113 Å². The smallest absolute Gasteiger partial charge is 0.340 e. The number of hydrogen-bond donors (Lipinski definition) is 1. The third-order valence-electron chi connectivity index (χ3n) is 1.96. The van der Waals surface area contributed by atoms with Crippen molar-refractivity contribution in [3.63, 3.8) is 0 Å². The zero-order chi connectivity index (χ0) is 14.7. The van der Waals surface area contributed by atoms with E-state index in [9.17, 15) is 9.59 Å². The van der Waals surface area contributed by atoms with Crippen LogP contribution in [0, 0.1) is 17.9 Å². The summed E-state index contributed by atoms with van der Waals surface area (Å²) in [5.74, 6) is -1.45. The van der Waals surface area contributed by atoms with Crippen LogP contribution in [0.5, 0.6) is 0 Å². The average Bonchev–Trinajstić information content (AvgIpc) is 2.34. The van der Waals surface area contributed by atoms with Gasteiger partial charge >= 0.3 is 11.9 Å². The van der Waals surface area contributed by atoms with Gasteiger partial charge in [-0.15, -0.1) is 0 Å². The Labute approximate surface area is 177 Å². The molecule has 1 N–H and O–H groups in total. The molecule has 4 nitrogen and oxygen atoms in total. The van der Waals surface area contributed by atoms with Crippen LogP contribution in [0.2, 0.25) is 0 Å². The van der Waals surface area contributed by atoms with Crippen molar-refractivity contribution in [1.29, 1.82) is 0 Å². The fourth-order valence-corrected chi connectivity index (χ4v) is 6.29. The van der Waals surface area contributed by atoms with Gasteiger partial charge in [-0.2, -0.15) is 0 Å². The van der Waals surface area contributed by atoms with Crippen LogP contribution in [0.25, 0.3) is 0 Å². The lowest BCUT2D eigenvalue weighted by molar-refractivity contribution is -0.137. The Kier molecular flexibility index (Phi) is 8.38. The predicted octanol–water partition coefficient (Wildman–Crippen LogP) is 4.34. The molecule has 0 atom stereocenters. The van der Waals surface area contributed by atoms with Crippen molar-refractivity contribution in [1.82, 2.24) is 0 Å². The summed E-state index contributed by atoms with van der Waals surface area (Å²) in [6, 6.07) is 0.